The number of nitrogens with zero attached hydrogens (tertiary/aromatic N) is 2. The number of fused-ring (bicyclic) bond motifs is 1. The number of aromatic nitrogens is 3. The van der Waals surface area contributed by atoms with E-state index in [1.807, 2.05) is 55.0 Å². The first kappa shape index (κ1) is 27.0. The van der Waals surface area contributed by atoms with E-state index in [1.54, 1.807) is 24.5 Å². The number of ether oxygens (including phenoxy) is 1. The summed E-state index contributed by atoms with van der Waals surface area (Å²) in [4.78, 5) is 37.3. The van der Waals surface area contributed by atoms with Crippen molar-refractivity contribution < 1.29 is 14.3 Å². The van der Waals surface area contributed by atoms with Gasteiger partial charge in [-0.15, -0.1) is 0 Å². The maximum absolute atomic E-state index is 13.4. The molecule has 4 aromatic rings. The predicted molar refractivity (Wildman–Crippen MR) is 150 cm³/mol. The molecule has 2 aromatic carbocycles. The zero-order chi connectivity index (χ0) is 27.2. The summed E-state index contributed by atoms with van der Waals surface area (Å²) in [5.41, 5.74) is 10.3. The van der Waals surface area contributed by atoms with Crippen molar-refractivity contribution >= 4 is 39.2 Å². The van der Waals surface area contributed by atoms with Gasteiger partial charge >= 0.3 is 227 Å². The van der Waals surface area contributed by atoms with Crippen molar-refractivity contribution in [3.63, 3.8) is 0 Å². The topological polar surface area (TPSA) is 123 Å². The predicted octanol–water partition coefficient (Wildman–Crippen LogP) is 3.80. The third-order valence-electron chi connectivity index (χ3n) is 6.71. The Balaban J connectivity index is 1.36. The van der Waals surface area contributed by atoms with Crippen LogP contribution in [0, 0.1) is 0 Å². The summed E-state index contributed by atoms with van der Waals surface area (Å²) in [6.07, 6.45) is 9.27. The number of aromatic amines is 1. The summed E-state index contributed by atoms with van der Waals surface area (Å²) in [5.74, 6) is -0.405. The first-order chi connectivity index (χ1) is 19.0. The molecule has 0 saturated heterocycles. The van der Waals surface area contributed by atoms with Crippen LogP contribution >= 0.6 is 11.6 Å². The number of hydrogen-bond acceptors (Lipinski definition) is 5. The third kappa shape index (κ3) is 6.70. The summed E-state index contributed by atoms with van der Waals surface area (Å²) < 4.78 is 6.63. The van der Waals surface area contributed by atoms with Crippen molar-refractivity contribution in [1.29, 1.82) is 0 Å². The van der Waals surface area contributed by atoms with Crippen molar-refractivity contribution in [2.75, 3.05) is 6.61 Å². The van der Waals surface area contributed by atoms with Gasteiger partial charge in [-0.05, 0) is 0 Å². The zero-order valence-electron chi connectivity index (χ0n) is 21.1. The molecular weight excluding hydrogens is 577 g/mol. The van der Waals surface area contributed by atoms with Crippen LogP contribution in [0.3, 0.4) is 0 Å². The van der Waals surface area contributed by atoms with Crippen LogP contribution in [0.4, 0.5) is 0 Å². The van der Waals surface area contributed by atoms with Gasteiger partial charge in [0.15, 0.2) is 0 Å². The van der Waals surface area contributed by atoms with Crippen molar-refractivity contribution in [2.24, 2.45) is 5.73 Å². The summed E-state index contributed by atoms with van der Waals surface area (Å²) >= 11 is 5.75. The standard InChI is InChI=1S/C29H28AsClN5O3/c31-20-6-4-18(5-7-20)15-25(28(32)37)36-29(38)22-3-1-2-21-23(10-13-39-27(21)22)30-24(26-16-34-17-35-26)14-19-8-11-33-12-9-19/h1-9,11-12,16-17,23-25H,10,13-15H2,(H2,32,37)(H,34,35)(H,36,38)/t23?,24?,25-/m0/s1. The Kier molecular flexibility index (Phi) is 8.64. The van der Waals surface area contributed by atoms with Gasteiger partial charge in [0.2, 0.25) is 0 Å². The Morgan fingerprint density at radius 1 is 1.08 bits per heavy atom. The molecule has 1 aliphatic heterocycles. The van der Waals surface area contributed by atoms with Gasteiger partial charge in [0, 0.05) is 0 Å². The number of halogens is 1. The molecule has 2 aromatic heterocycles. The number of primary amides is 1. The van der Waals surface area contributed by atoms with Crippen molar-refractivity contribution in [3.8, 4) is 5.75 Å². The van der Waals surface area contributed by atoms with Gasteiger partial charge in [0.25, 0.3) is 0 Å². The maximum atomic E-state index is 13.4. The average Bonchev–Trinajstić information content (AvgIpc) is 3.49. The molecule has 4 N–H and O–H groups in total. The van der Waals surface area contributed by atoms with Gasteiger partial charge in [-0.2, -0.15) is 0 Å². The van der Waals surface area contributed by atoms with Crippen LogP contribution in [0.1, 0.15) is 48.6 Å². The SMILES string of the molecule is NC(=O)[C@H](Cc1ccc(Cl)cc1)NC(=O)c1cccc2c1OCCC2[As]C(Cc1ccncc1)c1cnc[nH]1. The van der Waals surface area contributed by atoms with Gasteiger partial charge < -0.3 is 0 Å². The molecule has 1 aliphatic rings. The summed E-state index contributed by atoms with van der Waals surface area (Å²) in [6, 6.07) is 16.0. The minimum absolute atomic E-state index is 0.228. The van der Waals surface area contributed by atoms with Gasteiger partial charge in [-0.3, -0.25) is 0 Å². The number of amides is 2. The molecule has 0 saturated carbocycles. The molecule has 2 amide bonds. The minimum atomic E-state index is -0.870. The molecule has 0 aliphatic carbocycles. The first-order valence-electron chi connectivity index (χ1n) is 12.7. The number of nitrogens with one attached hydrogen (secondary N) is 2. The van der Waals surface area contributed by atoms with Gasteiger partial charge in [0.1, 0.15) is 0 Å². The van der Waals surface area contributed by atoms with E-state index in [0.29, 0.717) is 27.6 Å². The summed E-state index contributed by atoms with van der Waals surface area (Å²) in [7, 11) is 0. The van der Waals surface area contributed by atoms with E-state index < -0.39 is 11.9 Å². The first-order valence-corrected chi connectivity index (χ1v) is 15.2. The Morgan fingerprint density at radius 2 is 1.85 bits per heavy atom. The fraction of sp³-hybridized carbons (Fsp3) is 0.241. The second kappa shape index (κ2) is 12.5. The van der Waals surface area contributed by atoms with Crippen LogP contribution in [0.2, 0.25) is 5.02 Å². The monoisotopic (exact) mass is 604 g/mol. The van der Waals surface area contributed by atoms with Gasteiger partial charge in [-0.25, -0.2) is 0 Å². The molecule has 39 heavy (non-hydrogen) atoms. The number of carbonyl (C=O) groups is 2. The van der Waals surface area contributed by atoms with Crippen molar-refractivity contribution in [2.45, 2.75) is 34.7 Å². The van der Waals surface area contributed by atoms with E-state index in [0.717, 1.165) is 29.7 Å². The quantitative estimate of drug-likeness (QED) is 0.238. The van der Waals surface area contributed by atoms with E-state index in [4.69, 9.17) is 22.1 Å². The number of para-hydroxylation sites is 1. The van der Waals surface area contributed by atoms with E-state index >= 15 is 0 Å². The van der Waals surface area contributed by atoms with Crippen LogP contribution in [0.25, 0.3) is 0 Å². The Morgan fingerprint density at radius 3 is 2.56 bits per heavy atom. The Hall–Kier alpha value is -3.61. The molecule has 0 spiro atoms. The number of hydrogen-bond donors (Lipinski definition) is 3. The molecule has 2 unspecified atom stereocenters. The Labute approximate surface area is 238 Å². The van der Waals surface area contributed by atoms with Crippen molar-refractivity contribution in [3.05, 3.63) is 112 Å². The van der Waals surface area contributed by atoms with E-state index in [-0.39, 0.29) is 32.8 Å². The molecule has 3 heterocycles. The number of nitrogens with two attached hydrogens (primary N) is 1. The van der Waals surface area contributed by atoms with E-state index in [9.17, 15) is 9.59 Å². The molecule has 10 heteroatoms. The molecule has 8 nitrogen and oxygen atoms in total. The summed E-state index contributed by atoms with van der Waals surface area (Å²) in [5, 5.41) is 3.41. The van der Waals surface area contributed by atoms with Gasteiger partial charge in [-0.1, -0.05) is 11.6 Å². The number of H-pyrrole nitrogens is 1. The van der Waals surface area contributed by atoms with E-state index in [2.05, 4.69) is 20.3 Å². The molecule has 5 rings (SSSR count). The van der Waals surface area contributed by atoms with Crippen molar-refractivity contribution in [1.82, 2.24) is 20.3 Å². The van der Waals surface area contributed by atoms with E-state index in [1.165, 1.54) is 5.56 Å². The van der Waals surface area contributed by atoms with Crippen LogP contribution in [-0.4, -0.2) is 55.2 Å². The molecular formula is C29H28AsClN5O3. The number of carbonyl (C=O) groups excluding carboxylic acids is 2. The molecule has 3 atom stereocenters. The van der Waals surface area contributed by atoms with Crippen LogP contribution < -0.4 is 15.8 Å². The second-order valence-corrected chi connectivity index (χ2v) is 13.0. The molecule has 0 bridgehead atoms. The number of rotatable bonds is 10. The molecule has 0 fully saturated rings. The third-order valence-corrected chi connectivity index (χ3v) is 10.6. The van der Waals surface area contributed by atoms with Gasteiger partial charge in [0.05, 0.1) is 0 Å². The zero-order valence-corrected chi connectivity index (χ0v) is 23.7. The van der Waals surface area contributed by atoms with Crippen LogP contribution in [0.15, 0.2) is 79.5 Å². The Bertz CT molecular complexity index is 1420. The average molecular weight is 605 g/mol. The fourth-order valence-corrected chi connectivity index (χ4v) is 8.34. The molecule has 1 radical (unpaired) electrons. The fourth-order valence-electron chi connectivity index (χ4n) is 4.71. The van der Waals surface area contributed by atoms with Crippen LogP contribution in [0.5, 0.6) is 5.75 Å². The normalized spacial score (nSPS) is 16.3. The summed E-state index contributed by atoms with van der Waals surface area (Å²) in [6.45, 7) is 0.520. The van der Waals surface area contributed by atoms with Crippen LogP contribution in [-0.2, 0) is 17.6 Å². The molecule has 199 valence electrons. The number of benzene rings is 2. The second-order valence-electron chi connectivity index (χ2n) is 9.37. The number of imidazole rings is 1. The number of pyridine rings is 1.